The van der Waals surface area contributed by atoms with Crippen LogP contribution in [0.15, 0.2) is 27.3 Å². The zero-order chi connectivity index (χ0) is 10.1. The number of hydrogen-bond donors (Lipinski definition) is 0. The van der Waals surface area contributed by atoms with Crippen molar-refractivity contribution in [3.63, 3.8) is 0 Å². The van der Waals surface area contributed by atoms with E-state index in [0.717, 1.165) is 21.6 Å². The number of furan rings is 1. The molecule has 4 heteroatoms. The Labute approximate surface area is 90.9 Å². The Balaban J connectivity index is 2.30. The van der Waals surface area contributed by atoms with Gasteiger partial charge in [0.15, 0.2) is 0 Å². The molecule has 0 saturated carbocycles. The first-order chi connectivity index (χ1) is 6.68. The van der Waals surface area contributed by atoms with Gasteiger partial charge in [0.05, 0.1) is 28.7 Å². The summed E-state index contributed by atoms with van der Waals surface area (Å²) in [6.45, 7) is 4.70. The van der Waals surface area contributed by atoms with E-state index in [1.807, 2.05) is 30.7 Å². The number of rotatable bonds is 2. The lowest BCUT2D eigenvalue weighted by Crippen LogP contribution is -2.02. The normalized spacial score (nSPS) is 10.8. The fraction of sp³-hybridized carbons (Fsp3) is 0.300. The van der Waals surface area contributed by atoms with Crippen molar-refractivity contribution in [3.05, 3.63) is 40.0 Å². The van der Waals surface area contributed by atoms with Crippen LogP contribution in [0.3, 0.4) is 0 Å². The Morgan fingerprint density at radius 1 is 1.50 bits per heavy atom. The van der Waals surface area contributed by atoms with E-state index in [-0.39, 0.29) is 0 Å². The topological polar surface area (TPSA) is 31.0 Å². The maximum Gasteiger partial charge on any atom is 0.125 e. The molecule has 0 N–H and O–H groups in total. The Morgan fingerprint density at radius 2 is 2.29 bits per heavy atom. The average Bonchev–Trinajstić information content (AvgIpc) is 2.73. The van der Waals surface area contributed by atoms with Crippen molar-refractivity contribution in [1.29, 1.82) is 0 Å². The maximum absolute atomic E-state index is 5.27. The van der Waals surface area contributed by atoms with E-state index >= 15 is 0 Å². The Bertz CT molecular complexity index is 431. The minimum atomic E-state index is 0.686. The van der Waals surface area contributed by atoms with Gasteiger partial charge in [0.1, 0.15) is 5.76 Å². The highest BCUT2D eigenvalue weighted by Crippen LogP contribution is 2.20. The molecule has 0 aromatic carbocycles. The van der Waals surface area contributed by atoms with E-state index in [4.69, 9.17) is 4.42 Å². The summed E-state index contributed by atoms with van der Waals surface area (Å²) in [5.41, 5.74) is 2.13. The molecule has 2 heterocycles. The summed E-state index contributed by atoms with van der Waals surface area (Å²) in [5.74, 6) is 0.920. The van der Waals surface area contributed by atoms with E-state index in [9.17, 15) is 0 Å². The standard InChI is InChI=1S/C10H11BrN2O/c1-7-10(11)8(2)13(12-7)6-9-4-3-5-14-9/h3-5H,6H2,1-2H3. The maximum atomic E-state index is 5.27. The lowest BCUT2D eigenvalue weighted by molar-refractivity contribution is 0.475. The molecule has 3 nitrogen and oxygen atoms in total. The Morgan fingerprint density at radius 3 is 2.79 bits per heavy atom. The lowest BCUT2D eigenvalue weighted by Gasteiger charge is -2.00. The third-order valence-electron chi connectivity index (χ3n) is 2.18. The van der Waals surface area contributed by atoms with Crippen LogP contribution in [-0.4, -0.2) is 9.78 Å². The van der Waals surface area contributed by atoms with Crippen molar-refractivity contribution >= 4 is 15.9 Å². The molecule has 0 unspecified atom stereocenters. The van der Waals surface area contributed by atoms with Crippen LogP contribution in [0.25, 0.3) is 0 Å². The first kappa shape index (κ1) is 9.52. The third-order valence-corrected chi connectivity index (χ3v) is 3.33. The van der Waals surface area contributed by atoms with Crippen LogP contribution in [0.2, 0.25) is 0 Å². The second-order valence-electron chi connectivity index (χ2n) is 3.22. The third kappa shape index (κ3) is 1.62. The van der Waals surface area contributed by atoms with Gasteiger partial charge in [-0.15, -0.1) is 0 Å². The predicted octanol–water partition coefficient (Wildman–Crippen LogP) is 2.90. The highest BCUT2D eigenvalue weighted by molar-refractivity contribution is 9.10. The number of nitrogens with zero attached hydrogens (tertiary/aromatic N) is 2. The predicted molar refractivity (Wildman–Crippen MR) is 57.2 cm³/mol. The van der Waals surface area contributed by atoms with E-state index in [2.05, 4.69) is 21.0 Å². The molecule has 0 fully saturated rings. The monoisotopic (exact) mass is 254 g/mol. The van der Waals surface area contributed by atoms with E-state index < -0.39 is 0 Å². The average molecular weight is 255 g/mol. The van der Waals surface area contributed by atoms with Crippen LogP contribution in [0.1, 0.15) is 17.1 Å². The molecule has 0 aliphatic rings. The summed E-state index contributed by atoms with van der Waals surface area (Å²) >= 11 is 3.49. The summed E-state index contributed by atoms with van der Waals surface area (Å²) in [4.78, 5) is 0. The largest absolute Gasteiger partial charge is 0.467 e. The SMILES string of the molecule is Cc1nn(Cc2ccco2)c(C)c1Br. The molecule has 0 aliphatic heterocycles. The van der Waals surface area contributed by atoms with Crippen LogP contribution < -0.4 is 0 Å². The Hall–Kier alpha value is -1.03. The molecule has 74 valence electrons. The van der Waals surface area contributed by atoms with Crippen LogP contribution in [0.4, 0.5) is 0 Å². The molecule has 2 rings (SSSR count). The number of aromatic nitrogens is 2. The summed E-state index contributed by atoms with van der Waals surface area (Å²) in [7, 11) is 0. The molecule has 0 spiro atoms. The molecule has 0 radical (unpaired) electrons. The van der Waals surface area contributed by atoms with Gasteiger partial charge >= 0.3 is 0 Å². The van der Waals surface area contributed by atoms with Crippen LogP contribution in [-0.2, 0) is 6.54 Å². The van der Waals surface area contributed by atoms with Gasteiger partial charge < -0.3 is 4.42 Å². The van der Waals surface area contributed by atoms with Gasteiger partial charge in [-0.3, -0.25) is 4.68 Å². The van der Waals surface area contributed by atoms with E-state index in [0.29, 0.717) is 6.54 Å². The summed E-state index contributed by atoms with van der Waals surface area (Å²) in [6, 6.07) is 3.83. The van der Waals surface area contributed by atoms with Crippen LogP contribution in [0.5, 0.6) is 0 Å². The van der Waals surface area contributed by atoms with Crippen LogP contribution in [0, 0.1) is 13.8 Å². The van der Waals surface area contributed by atoms with Gasteiger partial charge in [0, 0.05) is 0 Å². The van der Waals surface area contributed by atoms with E-state index in [1.54, 1.807) is 6.26 Å². The lowest BCUT2D eigenvalue weighted by atomic mass is 10.4. The smallest absolute Gasteiger partial charge is 0.125 e. The quantitative estimate of drug-likeness (QED) is 0.826. The molecule has 0 aliphatic carbocycles. The van der Waals surface area contributed by atoms with Crippen molar-refractivity contribution < 1.29 is 4.42 Å². The van der Waals surface area contributed by atoms with Gasteiger partial charge in [0.2, 0.25) is 0 Å². The van der Waals surface area contributed by atoms with Crippen molar-refractivity contribution in [1.82, 2.24) is 9.78 Å². The van der Waals surface area contributed by atoms with Gasteiger partial charge in [-0.05, 0) is 41.9 Å². The van der Waals surface area contributed by atoms with Gasteiger partial charge in [-0.1, -0.05) is 0 Å². The van der Waals surface area contributed by atoms with Crippen molar-refractivity contribution in [2.45, 2.75) is 20.4 Å². The number of aryl methyl sites for hydroxylation is 1. The highest BCUT2D eigenvalue weighted by Gasteiger charge is 2.09. The molecular weight excluding hydrogens is 244 g/mol. The number of hydrogen-bond acceptors (Lipinski definition) is 2. The summed E-state index contributed by atoms with van der Waals surface area (Å²) in [5, 5.41) is 4.39. The fourth-order valence-corrected chi connectivity index (χ4v) is 1.66. The first-order valence-electron chi connectivity index (χ1n) is 4.40. The molecule has 14 heavy (non-hydrogen) atoms. The summed E-state index contributed by atoms with van der Waals surface area (Å²) < 4.78 is 8.27. The molecule has 0 atom stereocenters. The molecule has 0 saturated heterocycles. The van der Waals surface area contributed by atoms with Crippen LogP contribution >= 0.6 is 15.9 Å². The zero-order valence-corrected chi connectivity index (χ0v) is 9.71. The van der Waals surface area contributed by atoms with Crippen molar-refractivity contribution in [2.24, 2.45) is 0 Å². The molecular formula is C10H11BrN2O. The van der Waals surface area contributed by atoms with Crippen molar-refractivity contribution in [3.8, 4) is 0 Å². The van der Waals surface area contributed by atoms with Gasteiger partial charge in [-0.25, -0.2) is 0 Å². The summed E-state index contributed by atoms with van der Waals surface area (Å²) in [6.07, 6.45) is 1.68. The molecule has 0 amide bonds. The molecule has 2 aromatic heterocycles. The number of halogens is 1. The van der Waals surface area contributed by atoms with Gasteiger partial charge in [0.25, 0.3) is 0 Å². The highest BCUT2D eigenvalue weighted by atomic mass is 79.9. The second-order valence-corrected chi connectivity index (χ2v) is 4.01. The minimum Gasteiger partial charge on any atom is -0.467 e. The zero-order valence-electron chi connectivity index (χ0n) is 8.12. The van der Waals surface area contributed by atoms with Gasteiger partial charge in [-0.2, -0.15) is 5.10 Å². The molecule has 0 bridgehead atoms. The second kappa shape index (κ2) is 3.61. The molecule has 2 aromatic rings. The first-order valence-corrected chi connectivity index (χ1v) is 5.19. The Kier molecular flexibility index (Phi) is 2.46. The van der Waals surface area contributed by atoms with E-state index in [1.165, 1.54) is 0 Å². The van der Waals surface area contributed by atoms with Crippen molar-refractivity contribution in [2.75, 3.05) is 0 Å². The fourth-order valence-electron chi connectivity index (χ4n) is 1.38. The minimum absolute atomic E-state index is 0.686.